The SMILES string of the molecule is N#Cc1ccc(-c2ccc(-c3ccc4c(oc5ccccc54)c3-c3nc(-c4ccccc4)nc(-c4cccc5sc6ccccc6c45)n3)cc2)cc1. The molecule has 0 fully saturated rings. The standard InChI is InChI=1S/C46H26N4OS/c47-27-28-17-19-29(20-18-28)30-21-23-31(24-22-30)33-25-26-35-34-11-4-6-14-38(34)51-43(35)42(33)46-49-44(32-9-2-1-3-10-32)48-45(50-46)37-13-8-16-40-41(37)36-12-5-7-15-39(36)52-40/h1-26H. The molecule has 3 aromatic heterocycles. The summed E-state index contributed by atoms with van der Waals surface area (Å²) in [5.41, 5.74) is 8.90. The fourth-order valence-electron chi connectivity index (χ4n) is 7.12. The first kappa shape index (κ1) is 29.9. The Labute approximate surface area is 302 Å². The largest absolute Gasteiger partial charge is 0.455 e. The van der Waals surface area contributed by atoms with Gasteiger partial charge in [0.2, 0.25) is 0 Å². The summed E-state index contributed by atoms with van der Waals surface area (Å²) in [6.07, 6.45) is 0. The van der Waals surface area contributed by atoms with Crippen LogP contribution in [-0.2, 0) is 0 Å². The van der Waals surface area contributed by atoms with Crippen molar-refractivity contribution in [1.82, 2.24) is 15.0 Å². The van der Waals surface area contributed by atoms with Crippen molar-refractivity contribution >= 4 is 53.4 Å². The second-order valence-electron chi connectivity index (χ2n) is 12.7. The van der Waals surface area contributed by atoms with Crippen molar-refractivity contribution in [3.63, 3.8) is 0 Å². The summed E-state index contributed by atoms with van der Waals surface area (Å²) in [6.45, 7) is 0. The predicted octanol–water partition coefficient (Wildman–Crippen LogP) is 12.3. The van der Waals surface area contributed by atoms with Crippen LogP contribution in [0.1, 0.15) is 5.56 Å². The van der Waals surface area contributed by atoms with Gasteiger partial charge in [-0.25, -0.2) is 15.0 Å². The first-order valence-electron chi connectivity index (χ1n) is 17.0. The quantitative estimate of drug-likeness (QED) is 0.181. The Hall–Kier alpha value is -6.94. The van der Waals surface area contributed by atoms with Gasteiger partial charge in [-0.05, 0) is 58.7 Å². The molecule has 10 rings (SSSR count). The molecule has 0 unspecified atom stereocenters. The van der Waals surface area contributed by atoms with Crippen LogP contribution in [-0.4, -0.2) is 15.0 Å². The molecule has 3 heterocycles. The fraction of sp³-hybridized carbons (Fsp3) is 0. The number of hydrogen-bond donors (Lipinski definition) is 0. The third-order valence-electron chi connectivity index (χ3n) is 9.62. The molecule has 7 aromatic carbocycles. The minimum atomic E-state index is 0.538. The first-order chi connectivity index (χ1) is 25.7. The molecule has 0 amide bonds. The van der Waals surface area contributed by atoms with Crippen molar-refractivity contribution in [1.29, 1.82) is 5.26 Å². The van der Waals surface area contributed by atoms with E-state index in [2.05, 4.69) is 91.0 Å². The highest BCUT2D eigenvalue weighted by molar-refractivity contribution is 7.25. The molecule has 0 aliphatic carbocycles. The number of para-hydroxylation sites is 1. The van der Waals surface area contributed by atoms with Gasteiger partial charge in [0, 0.05) is 42.1 Å². The molecule has 0 N–H and O–H groups in total. The van der Waals surface area contributed by atoms with Gasteiger partial charge in [0.15, 0.2) is 17.5 Å². The molecule has 0 radical (unpaired) electrons. The molecule has 0 bridgehead atoms. The number of thiophene rings is 1. The summed E-state index contributed by atoms with van der Waals surface area (Å²) in [5, 5.41) is 13.6. The van der Waals surface area contributed by atoms with E-state index in [9.17, 15) is 5.26 Å². The summed E-state index contributed by atoms with van der Waals surface area (Å²) in [5.74, 6) is 1.73. The van der Waals surface area contributed by atoms with Crippen LogP contribution in [0.3, 0.4) is 0 Å². The summed E-state index contributed by atoms with van der Waals surface area (Å²) in [6, 6.07) is 55.7. The number of hydrogen-bond acceptors (Lipinski definition) is 6. The zero-order chi connectivity index (χ0) is 34.6. The highest BCUT2D eigenvalue weighted by Gasteiger charge is 2.23. The van der Waals surface area contributed by atoms with Gasteiger partial charge in [0.1, 0.15) is 11.2 Å². The molecule has 0 saturated carbocycles. The number of furan rings is 1. The van der Waals surface area contributed by atoms with Gasteiger partial charge in [-0.15, -0.1) is 11.3 Å². The van der Waals surface area contributed by atoms with Crippen LogP contribution < -0.4 is 0 Å². The molecule has 0 aliphatic rings. The van der Waals surface area contributed by atoms with E-state index < -0.39 is 0 Å². The van der Waals surface area contributed by atoms with E-state index in [1.165, 1.54) is 14.8 Å². The van der Waals surface area contributed by atoms with Crippen LogP contribution in [0, 0.1) is 11.3 Å². The van der Waals surface area contributed by atoms with Crippen molar-refractivity contribution in [3.05, 3.63) is 163 Å². The molecule has 0 atom stereocenters. The molecule has 10 aromatic rings. The molecular weight excluding hydrogens is 657 g/mol. The molecular formula is C46H26N4OS. The number of fused-ring (bicyclic) bond motifs is 6. The van der Waals surface area contributed by atoms with Gasteiger partial charge in [0.05, 0.1) is 17.2 Å². The van der Waals surface area contributed by atoms with E-state index in [4.69, 9.17) is 19.4 Å². The zero-order valence-corrected chi connectivity index (χ0v) is 28.4. The Morgan fingerprint density at radius 2 is 1.12 bits per heavy atom. The van der Waals surface area contributed by atoms with Crippen molar-refractivity contribution in [2.45, 2.75) is 0 Å². The smallest absolute Gasteiger partial charge is 0.168 e. The second kappa shape index (κ2) is 12.1. The summed E-state index contributed by atoms with van der Waals surface area (Å²) in [7, 11) is 0. The average Bonchev–Trinajstić information content (AvgIpc) is 3.79. The molecule has 52 heavy (non-hydrogen) atoms. The maximum Gasteiger partial charge on any atom is 0.168 e. The van der Waals surface area contributed by atoms with Crippen molar-refractivity contribution in [2.24, 2.45) is 0 Å². The topological polar surface area (TPSA) is 75.6 Å². The second-order valence-corrected chi connectivity index (χ2v) is 13.8. The van der Waals surface area contributed by atoms with Crippen molar-refractivity contribution in [3.8, 4) is 62.5 Å². The van der Waals surface area contributed by atoms with Crippen LogP contribution in [0.25, 0.3) is 98.5 Å². The number of aromatic nitrogens is 3. The molecule has 0 spiro atoms. The summed E-state index contributed by atoms with van der Waals surface area (Å²) in [4.78, 5) is 15.7. The van der Waals surface area contributed by atoms with Gasteiger partial charge >= 0.3 is 0 Å². The lowest BCUT2D eigenvalue weighted by atomic mass is 9.94. The van der Waals surface area contributed by atoms with Crippen LogP contribution in [0.15, 0.2) is 162 Å². The fourth-order valence-corrected chi connectivity index (χ4v) is 8.25. The normalized spacial score (nSPS) is 11.4. The molecule has 5 nitrogen and oxygen atoms in total. The maximum absolute atomic E-state index is 9.27. The van der Waals surface area contributed by atoms with Crippen LogP contribution in [0.5, 0.6) is 0 Å². The lowest BCUT2D eigenvalue weighted by molar-refractivity contribution is 0.669. The van der Waals surface area contributed by atoms with Crippen LogP contribution in [0.4, 0.5) is 0 Å². The van der Waals surface area contributed by atoms with Crippen molar-refractivity contribution < 1.29 is 4.42 Å². The van der Waals surface area contributed by atoms with Crippen molar-refractivity contribution in [2.75, 3.05) is 0 Å². The summed E-state index contributed by atoms with van der Waals surface area (Å²) >= 11 is 1.78. The van der Waals surface area contributed by atoms with Crippen LogP contribution >= 0.6 is 11.3 Å². The Bertz CT molecular complexity index is 3010. The average molecular weight is 683 g/mol. The number of nitriles is 1. The Morgan fingerprint density at radius 3 is 1.92 bits per heavy atom. The molecule has 0 saturated heterocycles. The number of rotatable bonds is 5. The third kappa shape index (κ3) is 4.95. The Balaban J connectivity index is 1.24. The predicted molar refractivity (Wildman–Crippen MR) is 212 cm³/mol. The van der Waals surface area contributed by atoms with E-state index in [1.54, 1.807) is 11.3 Å². The van der Waals surface area contributed by atoms with Gasteiger partial charge in [-0.2, -0.15) is 5.26 Å². The van der Waals surface area contributed by atoms with E-state index in [0.29, 0.717) is 23.0 Å². The minimum absolute atomic E-state index is 0.538. The zero-order valence-electron chi connectivity index (χ0n) is 27.6. The Kier molecular flexibility index (Phi) is 6.98. The van der Waals surface area contributed by atoms with Gasteiger partial charge in [-0.3, -0.25) is 0 Å². The maximum atomic E-state index is 9.27. The lowest BCUT2D eigenvalue weighted by Gasteiger charge is -2.14. The van der Waals surface area contributed by atoms with Crippen LogP contribution in [0.2, 0.25) is 0 Å². The van der Waals surface area contributed by atoms with E-state index in [-0.39, 0.29) is 0 Å². The molecule has 242 valence electrons. The first-order valence-corrected chi connectivity index (χ1v) is 17.8. The monoisotopic (exact) mass is 682 g/mol. The highest BCUT2D eigenvalue weighted by atomic mass is 32.1. The third-order valence-corrected chi connectivity index (χ3v) is 10.8. The van der Waals surface area contributed by atoms with Gasteiger partial charge in [0.25, 0.3) is 0 Å². The molecule has 6 heteroatoms. The summed E-state index contributed by atoms with van der Waals surface area (Å²) < 4.78 is 9.10. The number of nitrogens with zero attached hydrogens (tertiary/aromatic N) is 4. The van der Waals surface area contributed by atoms with E-state index in [0.717, 1.165) is 66.3 Å². The van der Waals surface area contributed by atoms with E-state index >= 15 is 0 Å². The van der Waals surface area contributed by atoms with E-state index in [1.807, 2.05) is 72.8 Å². The Morgan fingerprint density at radius 1 is 0.462 bits per heavy atom. The van der Waals surface area contributed by atoms with Gasteiger partial charge < -0.3 is 4.42 Å². The highest BCUT2D eigenvalue weighted by Crippen LogP contribution is 2.43. The van der Waals surface area contributed by atoms with Gasteiger partial charge in [-0.1, -0.05) is 121 Å². The minimum Gasteiger partial charge on any atom is -0.455 e. The molecule has 0 aliphatic heterocycles. The number of benzene rings is 7. The lowest BCUT2D eigenvalue weighted by Crippen LogP contribution is -2.01.